The molecule has 1 aromatic carbocycles. The average molecular weight is 404 g/mol. The molecule has 1 saturated heterocycles. The maximum absolute atomic E-state index is 12.1. The summed E-state index contributed by atoms with van der Waals surface area (Å²) in [5, 5.41) is 19.5. The van der Waals surface area contributed by atoms with Crippen molar-refractivity contribution in [3.05, 3.63) is 46.4 Å². The molecule has 2 aromatic heterocycles. The largest absolute Gasteiger partial charge is 0.374 e. The lowest BCUT2D eigenvalue weighted by atomic mass is 9.94. The third-order valence-corrected chi connectivity index (χ3v) is 5.98. The summed E-state index contributed by atoms with van der Waals surface area (Å²) < 4.78 is 1.62. The van der Waals surface area contributed by atoms with Gasteiger partial charge in [0.1, 0.15) is 11.5 Å². The molecule has 0 radical (unpaired) electrons. The van der Waals surface area contributed by atoms with Crippen LogP contribution in [0.4, 0.5) is 0 Å². The number of hydrogen-bond acceptors (Lipinski definition) is 7. The average Bonchev–Trinajstić information content (AvgIpc) is 3.03. The van der Waals surface area contributed by atoms with Crippen molar-refractivity contribution in [2.24, 2.45) is 0 Å². The van der Waals surface area contributed by atoms with Crippen LogP contribution >= 0.6 is 23.4 Å². The summed E-state index contributed by atoms with van der Waals surface area (Å²) in [7, 11) is 0. The Morgan fingerprint density at radius 1 is 1.30 bits per heavy atom. The van der Waals surface area contributed by atoms with Crippen LogP contribution in [0.5, 0.6) is 0 Å². The van der Waals surface area contributed by atoms with Crippen LogP contribution in [0.3, 0.4) is 0 Å². The van der Waals surface area contributed by atoms with Gasteiger partial charge < -0.3 is 5.11 Å². The number of halogens is 1. The van der Waals surface area contributed by atoms with Gasteiger partial charge in [-0.2, -0.15) is 0 Å². The molecular formula is C18H18ClN5O2S. The Kier molecular flexibility index (Phi) is 4.25. The molecule has 1 aliphatic rings. The number of carbonyl (C=O) groups is 1. The van der Waals surface area contributed by atoms with Gasteiger partial charge in [0.25, 0.3) is 0 Å². The number of hydrogen-bond donors (Lipinski definition) is 1. The number of aromatic nitrogens is 5. The first-order valence-electron chi connectivity index (χ1n) is 8.45. The molecule has 0 aliphatic carbocycles. The molecule has 1 N–H and O–H groups in total. The van der Waals surface area contributed by atoms with Crippen LogP contribution in [0.1, 0.15) is 37.9 Å². The van der Waals surface area contributed by atoms with Crippen LogP contribution in [0.2, 0.25) is 5.02 Å². The predicted molar refractivity (Wildman–Crippen MR) is 104 cm³/mol. The van der Waals surface area contributed by atoms with Gasteiger partial charge in [-0.15, -0.1) is 5.10 Å². The zero-order valence-electron chi connectivity index (χ0n) is 15.1. The van der Waals surface area contributed by atoms with E-state index in [0.717, 1.165) is 17.3 Å². The summed E-state index contributed by atoms with van der Waals surface area (Å²) in [6.07, 6.45) is 0. The van der Waals surface area contributed by atoms with Gasteiger partial charge in [0, 0.05) is 16.2 Å². The molecular weight excluding hydrogens is 386 g/mol. The number of benzene rings is 1. The molecule has 9 heteroatoms. The summed E-state index contributed by atoms with van der Waals surface area (Å²) >= 11 is 7.34. The van der Waals surface area contributed by atoms with Gasteiger partial charge >= 0.3 is 0 Å². The molecule has 1 aliphatic heterocycles. The van der Waals surface area contributed by atoms with Gasteiger partial charge in [0.2, 0.25) is 5.12 Å². The Morgan fingerprint density at radius 3 is 2.63 bits per heavy atom. The third kappa shape index (κ3) is 3.01. The quantitative estimate of drug-likeness (QED) is 0.718. The van der Waals surface area contributed by atoms with E-state index in [0.29, 0.717) is 28.6 Å². The molecule has 1 unspecified atom stereocenters. The number of aliphatic hydroxyl groups is 1. The summed E-state index contributed by atoms with van der Waals surface area (Å²) in [5.74, 6) is 0.768. The highest BCUT2D eigenvalue weighted by Gasteiger charge is 2.50. The van der Waals surface area contributed by atoms with Crippen molar-refractivity contribution in [3.8, 4) is 0 Å². The molecule has 3 heterocycles. The van der Waals surface area contributed by atoms with E-state index >= 15 is 0 Å². The van der Waals surface area contributed by atoms with E-state index in [1.54, 1.807) is 4.68 Å². The monoisotopic (exact) mass is 403 g/mol. The minimum absolute atomic E-state index is 0.228. The fourth-order valence-corrected chi connectivity index (χ4v) is 3.77. The van der Waals surface area contributed by atoms with Crippen LogP contribution < -0.4 is 0 Å². The normalized spacial score (nSPS) is 20.1. The Morgan fingerprint density at radius 2 is 2.04 bits per heavy atom. The number of rotatable bonds is 3. The fourth-order valence-electron chi connectivity index (χ4n) is 2.81. The van der Waals surface area contributed by atoms with Crippen molar-refractivity contribution in [1.29, 1.82) is 0 Å². The van der Waals surface area contributed by atoms with Crippen LogP contribution in [0.25, 0.3) is 11.2 Å². The number of nitrogens with zero attached hydrogens (tertiary/aromatic N) is 5. The molecule has 4 rings (SSSR count). The van der Waals surface area contributed by atoms with E-state index in [1.165, 1.54) is 0 Å². The number of thioether (sulfide) groups is 1. The number of fused-ring (bicyclic) bond motifs is 1. The number of carbonyl (C=O) groups excluding carboxylic acids is 1. The first-order chi connectivity index (χ1) is 12.7. The second-order valence-electron chi connectivity index (χ2n) is 7.59. The standard InChI is InChI=1S/C18H18ClN5O2S/c1-17(2,3)15-20-13(18(26)9-27-16(18)25)12-14(21-15)24(23-22-12)8-10-6-4-5-7-11(10)19/h4-7,26H,8-9H2,1-3H3. The summed E-state index contributed by atoms with van der Waals surface area (Å²) in [6.45, 7) is 6.29. The van der Waals surface area contributed by atoms with Gasteiger partial charge in [0.05, 0.1) is 6.54 Å². The van der Waals surface area contributed by atoms with Crippen molar-refractivity contribution in [3.63, 3.8) is 0 Å². The van der Waals surface area contributed by atoms with Crippen molar-refractivity contribution in [1.82, 2.24) is 25.0 Å². The van der Waals surface area contributed by atoms with E-state index in [1.807, 2.05) is 45.0 Å². The van der Waals surface area contributed by atoms with E-state index in [2.05, 4.69) is 20.3 Å². The Labute approximate surface area is 165 Å². The van der Waals surface area contributed by atoms with Crippen molar-refractivity contribution in [2.75, 3.05) is 5.75 Å². The minimum atomic E-state index is -1.64. The molecule has 0 bridgehead atoms. The second kappa shape index (κ2) is 6.25. The second-order valence-corrected chi connectivity index (χ2v) is 8.95. The van der Waals surface area contributed by atoms with Crippen LogP contribution in [0, 0.1) is 0 Å². The molecule has 0 saturated carbocycles. The highest BCUT2D eigenvalue weighted by molar-refractivity contribution is 8.16. The highest BCUT2D eigenvalue weighted by atomic mass is 35.5. The van der Waals surface area contributed by atoms with E-state index < -0.39 is 5.60 Å². The summed E-state index contributed by atoms with van der Waals surface area (Å²) in [6, 6.07) is 7.47. The van der Waals surface area contributed by atoms with E-state index in [9.17, 15) is 9.90 Å². The van der Waals surface area contributed by atoms with Crippen molar-refractivity contribution < 1.29 is 9.90 Å². The molecule has 1 atom stereocenters. The Hall–Kier alpha value is -2.03. The molecule has 3 aromatic rings. The van der Waals surface area contributed by atoms with Crippen molar-refractivity contribution >= 4 is 39.6 Å². The summed E-state index contributed by atoms with van der Waals surface area (Å²) in [5.41, 5.74) is -0.103. The van der Waals surface area contributed by atoms with Crippen LogP contribution in [-0.4, -0.2) is 40.9 Å². The van der Waals surface area contributed by atoms with Gasteiger partial charge in [-0.25, -0.2) is 14.6 Å². The van der Waals surface area contributed by atoms with Crippen LogP contribution in [0.15, 0.2) is 24.3 Å². The first kappa shape index (κ1) is 18.3. The van der Waals surface area contributed by atoms with Gasteiger partial charge in [-0.3, -0.25) is 4.79 Å². The molecule has 1 fully saturated rings. The maximum Gasteiger partial charge on any atom is 0.227 e. The lowest BCUT2D eigenvalue weighted by Crippen LogP contribution is -2.46. The Bertz CT molecular complexity index is 1060. The topological polar surface area (TPSA) is 93.8 Å². The first-order valence-corrected chi connectivity index (χ1v) is 9.82. The fraction of sp³-hybridized carbons (Fsp3) is 0.389. The molecule has 0 amide bonds. The van der Waals surface area contributed by atoms with Gasteiger partial charge in [-0.05, 0) is 11.6 Å². The zero-order valence-corrected chi connectivity index (χ0v) is 16.7. The van der Waals surface area contributed by atoms with E-state index in [-0.39, 0.29) is 22.0 Å². The van der Waals surface area contributed by atoms with Gasteiger partial charge in [0.15, 0.2) is 16.8 Å². The van der Waals surface area contributed by atoms with Gasteiger partial charge in [-0.1, -0.05) is 67.5 Å². The zero-order chi connectivity index (χ0) is 19.4. The molecule has 27 heavy (non-hydrogen) atoms. The molecule has 0 spiro atoms. The Balaban J connectivity index is 1.91. The maximum atomic E-state index is 12.1. The lowest BCUT2D eigenvalue weighted by molar-refractivity contribution is -0.129. The predicted octanol–water partition coefficient (Wildman–Crippen LogP) is 2.68. The third-order valence-electron chi connectivity index (χ3n) is 4.45. The lowest BCUT2D eigenvalue weighted by Gasteiger charge is -2.33. The van der Waals surface area contributed by atoms with E-state index in [4.69, 9.17) is 11.6 Å². The molecule has 7 nitrogen and oxygen atoms in total. The van der Waals surface area contributed by atoms with Crippen LogP contribution in [-0.2, 0) is 22.4 Å². The smallest absolute Gasteiger partial charge is 0.227 e. The molecule has 140 valence electrons. The highest BCUT2D eigenvalue weighted by Crippen LogP contribution is 2.41. The van der Waals surface area contributed by atoms with Crippen molar-refractivity contribution in [2.45, 2.75) is 38.3 Å². The minimum Gasteiger partial charge on any atom is -0.374 e. The summed E-state index contributed by atoms with van der Waals surface area (Å²) in [4.78, 5) is 21.2. The SMILES string of the molecule is CC(C)(C)c1nc(C2(O)CSC2=O)c2nnn(Cc3ccccc3Cl)c2n1.